The summed E-state index contributed by atoms with van der Waals surface area (Å²) >= 11 is 0. The number of aryl methyl sites for hydroxylation is 1. The van der Waals surface area contributed by atoms with Gasteiger partial charge in [-0.1, -0.05) is 12.1 Å². The lowest BCUT2D eigenvalue weighted by molar-refractivity contribution is 0.177. The smallest absolute Gasteiger partial charge is 0.240 e. The maximum absolute atomic E-state index is 5.93. The van der Waals surface area contributed by atoms with Gasteiger partial charge in [0.1, 0.15) is 5.75 Å². The highest BCUT2D eigenvalue weighted by atomic mass is 16.5. The first kappa shape index (κ1) is 11.3. The normalized spacial score (nSPS) is 17.4. The van der Waals surface area contributed by atoms with E-state index in [9.17, 15) is 0 Å². The fourth-order valence-electron chi connectivity index (χ4n) is 2.32. The molecule has 20 heavy (non-hydrogen) atoms. The molecular weight excluding hydrogens is 254 g/mol. The van der Waals surface area contributed by atoms with E-state index in [-0.39, 0.29) is 6.10 Å². The van der Waals surface area contributed by atoms with Crippen molar-refractivity contribution in [3.05, 3.63) is 48.0 Å². The molecule has 1 atom stereocenters. The lowest BCUT2D eigenvalue weighted by Crippen LogP contribution is -2.23. The molecule has 1 aliphatic heterocycles. The van der Waals surface area contributed by atoms with Crippen molar-refractivity contribution in [1.29, 1.82) is 0 Å². The highest BCUT2D eigenvalue weighted by molar-refractivity contribution is 5.68. The monoisotopic (exact) mass is 267 g/mol. The number of pyridine rings is 1. The largest absolute Gasteiger partial charge is 0.477 e. The van der Waals surface area contributed by atoms with Crippen LogP contribution < -0.4 is 10.1 Å². The van der Waals surface area contributed by atoms with E-state index in [2.05, 4.69) is 15.3 Å². The number of benzene rings is 1. The van der Waals surface area contributed by atoms with Crippen molar-refractivity contribution in [3.63, 3.8) is 0 Å². The summed E-state index contributed by atoms with van der Waals surface area (Å²) in [5, 5.41) is 3.32. The van der Waals surface area contributed by atoms with E-state index in [1.165, 1.54) is 0 Å². The number of rotatable bonds is 1. The molecule has 0 aliphatic carbocycles. The van der Waals surface area contributed by atoms with Crippen LogP contribution in [0.1, 0.15) is 17.7 Å². The Labute approximate surface area is 115 Å². The van der Waals surface area contributed by atoms with Crippen LogP contribution in [0, 0.1) is 6.92 Å². The second-order valence-electron chi connectivity index (χ2n) is 4.81. The summed E-state index contributed by atoms with van der Waals surface area (Å²) in [6, 6.07) is 11.6. The van der Waals surface area contributed by atoms with E-state index >= 15 is 0 Å². The Bertz CT molecular complexity index is 782. The molecule has 5 nitrogen and oxygen atoms in total. The molecule has 0 fully saturated rings. The number of nitrogens with one attached hydrogen (secondary N) is 1. The average molecular weight is 267 g/mol. The molecule has 1 unspecified atom stereocenters. The first-order chi connectivity index (χ1) is 9.79. The van der Waals surface area contributed by atoms with Gasteiger partial charge >= 0.3 is 0 Å². The Balaban J connectivity index is 1.70. The predicted octanol–water partition coefficient (Wildman–Crippen LogP) is 3.08. The van der Waals surface area contributed by atoms with Gasteiger partial charge in [0.05, 0.1) is 12.2 Å². The number of oxazole rings is 1. The van der Waals surface area contributed by atoms with Gasteiger partial charge in [-0.2, -0.15) is 4.98 Å². The molecule has 0 bridgehead atoms. The van der Waals surface area contributed by atoms with Crippen LogP contribution in [0.2, 0.25) is 0 Å². The van der Waals surface area contributed by atoms with Crippen molar-refractivity contribution in [1.82, 2.24) is 9.97 Å². The quantitative estimate of drug-likeness (QED) is 0.734. The zero-order valence-corrected chi connectivity index (χ0v) is 11.0. The average Bonchev–Trinajstić information content (AvgIpc) is 2.89. The van der Waals surface area contributed by atoms with Crippen LogP contribution in [-0.4, -0.2) is 16.5 Å². The second kappa shape index (κ2) is 4.23. The van der Waals surface area contributed by atoms with Crippen molar-refractivity contribution in [2.45, 2.75) is 13.0 Å². The summed E-state index contributed by atoms with van der Waals surface area (Å²) in [6.07, 6.45) is -0.237. The fraction of sp³-hybridized carbons (Fsp3) is 0.200. The molecular formula is C15H13N3O2. The van der Waals surface area contributed by atoms with Crippen LogP contribution in [0.25, 0.3) is 11.2 Å². The van der Waals surface area contributed by atoms with Crippen LogP contribution in [-0.2, 0) is 0 Å². The lowest BCUT2D eigenvalue weighted by Gasteiger charge is -2.24. The summed E-state index contributed by atoms with van der Waals surface area (Å²) in [5.41, 5.74) is 3.23. The summed E-state index contributed by atoms with van der Waals surface area (Å²) in [7, 11) is 0. The Morgan fingerprint density at radius 3 is 3.00 bits per heavy atom. The Morgan fingerprint density at radius 2 is 2.05 bits per heavy atom. The van der Waals surface area contributed by atoms with Crippen molar-refractivity contribution in [3.8, 4) is 5.75 Å². The van der Waals surface area contributed by atoms with Crippen molar-refractivity contribution < 1.29 is 9.15 Å². The molecule has 5 heteroatoms. The molecule has 3 aromatic rings. The van der Waals surface area contributed by atoms with Gasteiger partial charge in [-0.15, -0.1) is 0 Å². The predicted molar refractivity (Wildman–Crippen MR) is 74.8 cm³/mol. The number of fused-ring (bicyclic) bond motifs is 2. The van der Waals surface area contributed by atoms with Crippen LogP contribution in [0.4, 0.5) is 5.69 Å². The van der Waals surface area contributed by atoms with E-state index < -0.39 is 0 Å². The number of hydrogen-bond donors (Lipinski definition) is 1. The number of hydrogen-bond acceptors (Lipinski definition) is 5. The molecule has 3 heterocycles. The third-order valence-electron chi connectivity index (χ3n) is 3.32. The number of aromatic nitrogens is 2. The third-order valence-corrected chi connectivity index (χ3v) is 3.32. The van der Waals surface area contributed by atoms with Gasteiger partial charge in [0.15, 0.2) is 17.3 Å². The van der Waals surface area contributed by atoms with E-state index in [0.717, 1.165) is 17.1 Å². The van der Waals surface area contributed by atoms with Gasteiger partial charge in [-0.3, -0.25) is 0 Å². The molecule has 100 valence electrons. The molecule has 0 amide bonds. The first-order valence-electron chi connectivity index (χ1n) is 6.53. The van der Waals surface area contributed by atoms with Crippen LogP contribution in [0.3, 0.4) is 0 Å². The van der Waals surface area contributed by atoms with Gasteiger partial charge in [0.2, 0.25) is 5.89 Å². The van der Waals surface area contributed by atoms with Gasteiger partial charge in [0.25, 0.3) is 0 Å². The van der Waals surface area contributed by atoms with Gasteiger partial charge in [-0.05, 0) is 31.2 Å². The minimum Gasteiger partial charge on any atom is -0.477 e. The van der Waals surface area contributed by atoms with E-state index in [1.807, 2.05) is 43.3 Å². The molecule has 2 aromatic heterocycles. The zero-order valence-electron chi connectivity index (χ0n) is 11.0. The molecule has 0 spiro atoms. The Kier molecular flexibility index (Phi) is 2.39. The zero-order chi connectivity index (χ0) is 13.5. The Hall–Kier alpha value is -2.56. The summed E-state index contributed by atoms with van der Waals surface area (Å²) in [4.78, 5) is 8.78. The SMILES string of the molecule is Cc1ccc2oc(C3CNc4ccccc4O3)nc2n1. The molecule has 1 aliphatic rings. The van der Waals surface area contributed by atoms with Crippen LogP contribution in [0.5, 0.6) is 5.75 Å². The number of ether oxygens (including phenoxy) is 1. The third kappa shape index (κ3) is 1.79. The molecule has 0 saturated heterocycles. The molecule has 1 N–H and O–H groups in total. The van der Waals surface area contributed by atoms with E-state index in [1.54, 1.807) is 0 Å². The maximum Gasteiger partial charge on any atom is 0.240 e. The van der Waals surface area contributed by atoms with Crippen molar-refractivity contribution >= 4 is 16.9 Å². The van der Waals surface area contributed by atoms with Gasteiger partial charge < -0.3 is 14.5 Å². The summed E-state index contributed by atoms with van der Waals surface area (Å²) in [6.45, 7) is 2.56. The number of para-hydroxylation sites is 2. The minimum atomic E-state index is -0.237. The van der Waals surface area contributed by atoms with Crippen molar-refractivity contribution in [2.75, 3.05) is 11.9 Å². The highest BCUT2D eigenvalue weighted by Crippen LogP contribution is 2.34. The Morgan fingerprint density at radius 1 is 1.15 bits per heavy atom. The standard InChI is InChI=1S/C15H13N3O2/c1-9-6-7-12-14(17-9)18-15(20-12)13-8-16-10-4-2-3-5-11(10)19-13/h2-7,13,16H,8H2,1H3. The van der Waals surface area contributed by atoms with E-state index in [4.69, 9.17) is 9.15 Å². The molecule has 0 radical (unpaired) electrons. The number of nitrogens with zero attached hydrogens (tertiary/aromatic N) is 2. The topological polar surface area (TPSA) is 60.2 Å². The summed E-state index contributed by atoms with van der Waals surface area (Å²) in [5.74, 6) is 1.37. The molecule has 4 rings (SSSR count). The first-order valence-corrected chi connectivity index (χ1v) is 6.53. The second-order valence-corrected chi connectivity index (χ2v) is 4.81. The van der Waals surface area contributed by atoms with Gasteiger partial charge in [0, 0.05) is 5.69 Å². The fourth-order valence-corrected chi connectivity index (χ4v) is 2.32. The number of anilines is 1. The van der Waals surface area contributed by atoms with Crippen LogP contribution in [0.15, 0.2) is 40.8 Å². The minimum absolute atomic E-state index is 0.237. The lowest BCUT2D eigenvalue weighted by atomic mass is 10.2. The van der Waals surface area contributed by atoms with Gasteiger partial charge in [-0.25, -0.2) is 4.98 Å². The molecule has 1 aromatic carbocycles. The van der Waals surface area contributed by atoms with E-state index in [0.29, 0.717) is 23.7 Å². The molecule has 0 saturated carbocycles. The maximum atomic E-state index is 5.93. The van der Waals surface area contributed by atoms with Crippen molar-refractivity contribution in [2.24, 2.45) is 0 Å². The highest BCUT2D eigenvalue weighted by Gasteiger charge is 2.25. The van der Waals surface area contributed by atoms with Crippen LogP contribution >= 0.6 is 0 Å². The summed E-state index contributed by atoms with van der Waals surface area (Å²) < 4.78 is 11.7.